The van der Waals surface area contributed by atoms with E-state index >= 15 is 0 Å². The fourth-order valence-corrected chi connectivity index (χ4v) is 1.46. The molecule has 0 aliphatic carbocycles. The Morgan fingerprint density at radius 3 is 2.40 bits per heavy atom. The van der Waals surface area contributed by atoms with Crippen LogP contribution in [0.1, 0.15) is 40.0 Å². The molecule has 20 heavy (non-hydrogen) atoms. The van der Waals surface area contributed by atoms with Crippen molar-refractivity contribution >= 4 is 11.8 Å². The first kappa shape index (κ1) is 18.9. The van der Waals surface area contributed by atoms with E-state index in [1.165, 1.54) is 7.11 Å². The number of carbonyl (C=O) groups is 2. The molecule has 1 atom stereocenters. The molecule has 0 aliphatic rings. The maximum absolute atomic E-state index is 11.6. The lowest BCUT2D eigenvalue weighted by atomic mass is 9.96. The summed E-state index contributed by atoms with van der Waals surface area (Å²) in [6.45, 7) is 6.74. The quantitative estimate of drug-likeness (QED) is 0.537. The van der Waals surface area contributed by atoms with Gasteiger partial charge in [-0.25, -0.2) is 0 Å². The lowest BCUT2D eigenvalue weighted by molar-refractivity contribution is -0.128. The summed E-state index contributed by atoms with van der Waals surface area (Å²) in [5.74, 6) is -0.0831. The summed E-state index contributed by atoms with van der Waals surface area (Å²) in [6, 6.07) is 0. The Balaban J connectivity index is 3.57. The van der Waals surface area contributed by atoms with Gasteiger partial charge in [-0.3, -0.25) is 9.59 Å². The fourth-order valence-electron chi connectivity index (χ4n) is 1.46. The molecule has 0 radical (unpaired) electrons. The minimum absolute atomic E-state index is 0.0133. The van der Waals surface area contributed by atoms with Gasteiger partial charge >= 0.3 is 0 Å². The molecule has 6 heteroatoms. The fraction of sp³-hybridized carbons (Fsp3) is 0.857. The van der Waals surface area contributed by atoms with Crippen LogP contribution in [0.2, 0.25) is 0 Å². The largest absolute Gasteiger partial charge is 0.391 e. The Morgan fingerprint density at radius 1 is 1.20 bits per heavy atom. The van der Waals surface area contributed by atoms with Crippen LogP contribution in [0, 0.1) is 5.41 Å². The Hall–Kier alpha value is -1.14. The van der Waals surface area contributed by atoms with Gasteiger partial charge in [0.15, 0.2) is 0 Å². The van der Waals surface area contributed by atoms with Crippen LogP contribution >= 0.6 is 0 Å². The highest BCUT2D eigenvalue weighted by Gasteiger charge is 2.20. The summed E-state index contributed by atoms with van der Waals surface area (Å²) < 4.78 is 4.79. The third-order valence-electron chi connectivity index (χ3n) is 2.71. The molecule has 0 saturated heterocycles. The Labute approximate surface area is 121 Å². The SMILES string of the molecule is COCC(O)CCNC(=O)CCCNC(=O)C(C)(C)C. The van der Waals surface area contributed by atoms with E-state index in [2.05, 4.69) is 10.6 Å². The van der Waals surface area contributed by atoms with Gasteiger partial charge in [0.2, 0.25) is 11.8 Å². The highest BCUT2D eigenvalue weighted by Crippen LogP contribution is 2.12. The summed E-state index contributed by atoms with van der Waals surface area (Å²) in [5, 5.41) is 14.9. The van der Waals surface area contributed by atoms with Crippen LogP contribution in [-0.4, -0.2) is 49.8 Å². The van der Waals surface area contributed by atoms with E-state index < -0.39 is 11.5 Å². The summed E-state index contributed by atoms with van der Waals surface area (Å²) in [7, 11) is 1.52. The number of aliphatic hydroxyl groups excluding tert-OH is 1. The molecule has 0 spiro atoms. The van der Waals surface area contributed by atoms with Crippen molar-refractivity contribution < 1.29 is 19.4 Å². The first-order chi connectivity index (χ1) is 9.27. The minimum Gasteiger partial charge on any atom is -0.391 e. The lowest BCUT2D eigenvalue weighted by Gasteiger charge is -2.17. The van der Waals surface area contributed by atoms with Gasteiger partial charge in [-0.1, -0.05) is 20.8 Å². The Kier molecular flexibility index (Phi) is 9.16. The molecule has 0 aromatic rings. The lowest BCUT2D eigenvalue weighted by Crippen LogP contribution is -2.36. The van der Waals surface area contributed by atoms with E-state index in [0.29, 0.717) is 32.4 Å². The molecule has 0 saturated carbocycles. The van der Waals surface area contributed by atoms with E-state index in [4.69, 9.17) is 4.74 Å². The first-order valence-electron chi connectivity index (χ1n) is 6.99. The van der Waals surface area contributed by atoms with Crippen LogP contribution in [-0.2, 0) is 14.3 Å². The number of rotatable bonds is 9. The van der Waals surface area contributed by atoms with Crippen molar-refractivity contribution in [3.63, 3.8) is 0 Å². The number of hydrogen-bond acceptors (Lipinski definition) is 4. The van der Waals surface area contributed by atoms with Crippen molar-refractivity contribution in [3.05, 3.63) is 0 Å². The molecule has 0 bridgehead atoms. The zero-order chi connectivity index (χ0) is 15.6. The van der Waals surface area contributed by atoms with Gasteiger partial charge in [-0.05, 0) is 12.8 Å². The van der Waals surface area contributed by atoms with Crippen molar-refractivity contribution in [1.29, 1.82) is 0 Å². The molecule has 0 heterocycles. The normalized spacial score (nSPS) is 12.8. The van der Waals surface area contributed by atoms with E-state index in [0.717, 1.165) is 0 Å². The Morgan fingerprint density at radius 2 is 1.85 bits per heavy atom. The van der Waals surface area contributed by atoms with Crippen LogP contribution < -0.4 is 10.6 Å². The van der Waals surface area contributed by atoms with Gasteiger partial charge in [-0.15, -0.1) is 0 Å². The zero-order valence-corrected chi connectivity index (χ0v) is 13.0. The van der Waals surface area contributed by atoms with Gasteiger partial charge in [0.1, 0.15) is 0 Å². The molecule has 0 fully saturated rings. The smallest absolute Gasteiger partial charge is 0.225 e. The second kappa shape index (κ2) is 9.72. The van der Waals surface area contributed by atoms with Gasteiger partial charge in [0.25, 0.3) is 0 Å². The number of carbonyl (C=O) groups excluding carboxylic acids is 2. The molecule has 118 valence electrons. The highest BCUT2D eigenvalue weighted by molar-refractivity contribution is 5.81. The predicted octanol–water partition coefficient (Wildman–Crippen LogP) is 0.442. The van der Waals surface area contributed by atoms with Crippen LogP contribution in [0.4, 0.5) is 0 Å². The maximum atomic E-state index is 11.6. The van der Waals surface area contributed by atoms with Crippen molar-refractivity contribution in [1.82, 2.24) is 10.6 Å². The molecule has 2 amide bonds. The van der Waals surface area contributed by atoms with Gasteiger partial charge < -0.3 is 20.5 Å². The molecule has 0 aromatic heterocycles. The number of ether oxygens (including phenoxy) is 1. The zero-order valence-electron chi connectivity index (χ0n) is 13.0. The molecule has 3 N–H and O–H groups in total. The molecule has 0 aromatic carbocycles. The van der Waals surface area contributed by atoms with E-state index in [1.807, 2.05) is 20.8 Å². The molecule has 1 unspecified atom stereocenters. The number of nitrogens with one attached hydrogen (secondary N) is 2. The standard InChI is InChI=1S/C14H28N2O4/c1-14(2,3)13(19)16-8-5-6-12(18)15-9-7-11(17)10-20-4/h11,17H,5-10H2,1-4H3,(H,15,18)(H,16,19). The third-order valence-corrected chi connectivity index (χ3v) is 2.71. The Bertz CT molecular complexity index is 300. The number of amides is 2. The molecule has 0 rings (SSSR count). The van der Waals surface area contributed by atoms with Gasteiger partial charge in [-0.2, -0.15) is 0 Å². The topological polar surface area (TPSA) is 87.7 Å². The van der Waals surface area contributed by atoms with E-state index in [1.54, 1.807) is 0 Å². The predicted molar refractivity (Wildman–Crippen MR) is 77.2 cm³/mol. The summed E-state index contributed by atoms with van der Waals surface area (Å²) >= 11 is 0. The number of methoxy groups -OCH3 is 1. The molecular formula is C14H28N2O4. The molecular weight excluding hydrogens is 260 g/mol. The number of hydrogen-bond donors (Lipinski definition) is 3. The second-order valence-corrected chi connectivity index (χ2v) is 5.86. The maximum Gasteiger partial charge on any atom is 0.225 e. The van der Waals surface area contributed by atoms with Crippen LogP contribution in [0.5, 0.6) is 0 Å². The van der Waals surface area contributed by atoms with Gasteiger partial charge in [0.05, 0.1) is 12.7 Å². The summed E-state index contributed by atoms with van der Waals surface area (Å²) in [5.41, 5.74) is -0.403. The van der Waals surface area contributed by atoms with Crippen molar-refractivity contribution in [3.8, 4) is 0 Å². The monoisotopic (exact) mass is 288 g/mol. The van der Waals surface area contributed by atoms with Crippen LogP contribution in [0.15, 0.2) is 0 Å². The first-order valence-corrected chi connectivity index (χ1v) is 6.99. The van der Waals surface area contributed by atoms with Crippen LogP contribution in [0.3, 0.4) is 0 Å². The highest BCUT2D eigenvalue weighted by atomic mass is 16.5. The van der Waals surface area contributed by atoms with Gasteiger partial charge in [0, 0.05) is 32.0 Å². The van der Waals surface area contributed by atoms with E-state index in [-0.39, 0.29) is 18.4 Å². The molecule has 6 nitrogen and oxygen atoms in total. The number of aliphatic hydroxyl groups is 1. The second-order valence-electron chi connectivity index (χ2n) is 5.86. The average Bonchev–Trinajstić information content (AvgIpc) is 2.33. The van der Waals surface area contributed by atoms with Crippen molar-refractivity contribution in [2.45, 2.75) is 46.1 Å². The van der Waals surface area contributed by atoms with Crippen molar-refractivity contribution in [2.24, 2.45) is 5.41 Å². The van der Waals surface area contributed by atoms with Crippen molar-refractivity contribution in [2.75, 3.05) is 26.8 Å². The molecule has 0 aliphatic heterocycles. The van der Waals surface area contributed by atoms with E-state index in [9.17, 15) is 14.7 Å². The summed E-state index contributed by atoms with van der Waals surface area (Å²) in [6.07, 6.45) is 0.894. The average molecular weight is 288 g/mol. The minimum atomic E-state index is -0.550. The third kappa shape index (κ3) is 9.75. The van der Waals surface area contributed by atoms with Crippen LogP contribution in [0.25, 0.3) is 0 Å². The summed E-state index contributed by atoms with van der Waals surface area (Å²) in [4.78, 5) is 23.1.